The SMILES string of the molecule is COc1ccc(-n2ccc3cc(C(=O)N4CCC(F)CC4)ccc32)cc1. The van der Waals surface area contributed by atoms with Gasteiger partial charge in [0.1, 0.15) is 11.9 Å². The summed E-state index contributed by atoms with van der Waals surface area (Å²) in [7, 11) is 1.65. The summed E-state index contributed by atoms with van der Waals surface area (Å²) >= 11 is 0. The van der Waals surface area contributed by atoms with Crippen LogP contribution >= 0.6 is 0 Å². The predicted molar refractivity (Wildman–Crippen MR) is 99.9 cm³/mol. The van der Waals surface area contributed by atoms with E-state index in [-0.39, 0.29) is 5.91 Å². The number of hydrogen-bond acceptors (Lipinski definition) is 2. The van der Waals surface area contributed by atoms with Gasteiger partial charge in [-0.2, -0.15) is 0 Å². The second-order valence-corrected chi connectivity index (χ2v) is 6.62. The molecule has 0 bridgehead atoms. The minimum atomic E-state index is -0.778. The molecular formula is C21H21FN2O2. The summed E-state index contributed by atoms with van der Waals surface area (Å²) in [6.45, 7) is 0.982. The number of carbonyl (C=O) groups excluding carboxylic acids is 1. The number of piperidine rings is 1. The minimum Gasteiger partial charge on any atom is -0.497 e. The Hall–Kier alpha value is -2.82. The number of rotatable bonds is 3. The molecule has 1 fully saturated rings. The monoisotopic (exact) mass is 352 g/mol. The van der Waals surface area contributed by atoms with Gasteiger partial charge in [0.25, 0.3) is 5.91 Å². The zero-order valence-corrected chi connectivity index (χ0v) is 14.7. The number of methoxy groups -OCH3 is 1. The van der Waals surface area contributed by atoms with E-state index >= 15 is 0 Å². The van der Waals surface area contributed by atoms with Crippen LogP contribution in [0.25, 0.3) is 16.6 Å². The molecule has 4 rings (SSSR count). The third kappa shape index (κ3) is 3.05. The van der Waals surface area contributed by atoms with Gasteiger partial charge >= 0.3 is 0 Å². The van der Waals surface area contributed by atoms with Crippen LogP contribution in [0.3, 0.4) is 0 Å². The molecule has 3 aromatic rings. The highest BCUT2D eigenvalue weighted by Crippen LogP contribution is 2.24. The van der Waals surface area contributed by atoms with Crippen molar-refractivity contribution in [2.45, 2.75) is 19.0 Å². The molecule has 5 heteroatoms. The molecule has 0 aliphatic carbocycles. The van der Waals surface area contributed by atoms with Crippen molar-refractivity contribution in [1.29, 1.82) is 0 Å². The Morgan fingerprint density at radius 3 is 2.50 bits per heavy atom. The first-order chi connectivity index (χ1) is 12.7. The second kappa shape index (κ2) is 6.83. The fourth-order valence-corrected chi connectivity index (χ4v) is 3.48. The molecule has 0 unspecified atom stereocenters. The highest BCUT2D eigenvalue weighted by molar-refractivity contribution is 5.98. The standard InChI is InChI=1S/C21H21FN2O2/c1-26-19-5-3-18(4-6-19)24-13-8-15-14-16(2-7-20(15)24)21(25)23-11-9-17(22)10-12-23/h2-8,13-14,17H,9-12H2,1H3. The van der Waals surface area contributed by atoms with Gasteiger partial charge in [0.15, 0.2) is 0 Å². The number of amides is 1. The van der Waals surface area contributed by atoms with Crippen LogP contribution in [-0.4, -0.2) is 41.7 Å². The maximum atomic E-state index is 13.3. The van der Waals surface area contributed by atoms with Crippen LogP contribution in [0.2, 0.25) is 0 Å². The number of carbonyl (C=O) groups is 1. The molecule has 0 saturated carbocycles. The van der Waals surface area contributed by atoms with Gasteiger partial charge < -0.3 is 14.2 Å². The van der Waals surface area contributed by atoms with E-state index < -0.39 is 6.17 Å². The Labute approximate surface area is 151 Å². The van der Waals surface area contributed by atoms with Crippen molar-refractivity contribution in [3.63, 3.8) is 0 Å². The topological polar surface area (TPSA) is 34.5 Å². The summed E-state index contributed by atoms with van der Waals surface area (Å²) in [6, 6.07) is 15.6. The summed E-state index contributed by atoms with van der Waals surface area (Å²) in [5.74, 6) is 0.797. The first-order valence-electron chi connectivity index (χ1n) is 8.84. The van der Waals surface area contributed by atoms with Gasteiger partial charge in [-0.25, -0.2) is 4.39 Å². The van der Waals surface area contributed by atoms with Crippen LogP contribution in [0.15, 0.2) is 54.7 Å². The molecule has 1 saturated heterocycles. The largest absolute Gasteiger partial charge is 0.497 e. The predicted octanol–water partition coefficient (Wildman–Crippen LogP) is 4.21. The van der Waals surface area contributed by atoms with Crippen molar-refractivity contribution >= 4 is 16.8 Å². The Balaban J connectivity index is 1.61. The van der Waals surface area contributed by atoms with Crippen LogP contribution < -0.4 is 4.74 Å². The molecule has 1 aromatic heterocycles. The number of ether oxygens (including phenoxy) is 1. The van der Waals surface area contributed by atoms with E-state index in [4.69, 9.17) is 4.74 Å². The van der Waals surface area contributed by atoms with Gasteiger partial charge in [-0.1, -0.05) is 0 Å². The van der Waals surface area contributed by atoms with Crippen LogP contribution in [0.4, 0.5) is 4.39 Å². The van der Waals surface area contributed by atoms with Crippen molar-refractivity contribution in [3.05, 3.63) is 60.3 Å². The van der Waals surface area contributed by atoms with Gasteiger partial charge in [-0.3, -0.25) is 4.79 Å². The van der Waals surface area contributed by atoms with Crippen molar-refractivity contribution in [3.8, 4) is 11.4 Å². The molecule has 134 valence electrons. The van der Waals surface area contributed by atoms with E-state index in [9.17, 15) is 9.18 Å². The highest BCUT2D eigenvalue weighted by Gasteiger charge is 2.23. The Kier molecular flexibility index (Phi) is 4.37. The molecule has 1 aliphatic heterocycles. The molecule has 2 aromatic carbocycles. The van der Waals surface area contributed by atoms with Gasteiger partial charge in [0.05, 0.1) is 12.6 Å². The first-order valence-corrected chi connectivity index (χ1v) is 8.84. The fourth-order valence-electron chi connectivity index (χ4n) is 3.48. The second-order valence-electron chi connectivity index (χ2n) is 6.62. The van der Waals surface area contributed by atoms with Crippen LogP contribution in [0, 0.1) is 0 Å². The summed E-state index contributed by atoms with van der Waals surface area (Å²) in [5, 5.41) is 1.01. The highest BCUT2D eigenvalue weighted by atomic mass is 19.1. The average molecular weight is 352 g/mol. The lowest BCUT2D eigenvalue weighted by molar-refractivity contribution is 0.0667. The van der Waals surface area contributed by atoms with E-state index in [2.05, 4.69) is 4.57 Å². The molecule has 4 nitrogen and oxygen atoms in total. The summed E-state index contributed by atoms with van der Waals surface area (Å²) in [5.41, 5.74) is 2.72. The zero-order valence-electron chi connectivity index (χ0n) is 14.7. The third-order valence-corrected chi connectivity index (χ3v) is 5.00. The Morgan fingerprint density at radius 1 is 1.08 bits per heavy atom. The van der Waals surface area contributed by atoms with Crippen molar-refractivity contribution in [2.24, 2.45) is 0 Å². The van der Waals surface area contributed by atoms with Crippen molar-refractivity contribution < 1.29 is 13.9 Å². The van der Waals surface area contributed by atoms with Crippen LogP contribution in [0.1, 0.15) is 23.2 Å². The zero-order chi connectivity index (χ0) is 18.1. The summed E-state index contributed by atoms with van der Waals surface area (Å²) in [6.07, 6.45) is 2.08. The average Bonchev–Trinajstić information content (AvgIpc) is 3.11. The maximum absolute atomic E-state index is 13.3. The number of benzene rings is 2. The van der Waals surface area contributed by atoms with Crippen molar-refractivity contribution in [2.75, 3.05) is 20.2 Å². The Morgan fingerprint density at radius 2 is 1.81 bits per heavy atom. The van der Waals surface area contributed by atoms with Gasteiger partial charge in [-0.15, -0.1) is 0 Å². The molecule has 26 heavy (non-hydrogen) atoms. The summed E-state index contributed by atoms with van der Waals surface area (Å²) in [4.78, 5) is 14.4. The number of aromatic nitrogens is 1. The van der Waals surface area contributed by atoms with Crippen LogP contribution in [0.5, 0.6) is 5.75 Å². The minimum absolute atomic E-state index is 0.0176. The van der Waals surface area contributed by atoms with E-state index in [1.165, 1.54) is 0 Å². The molecule has 0 atom stereocenters. The number of halogens is 1. The quantitative estimate of drug-likeness (QED) is 0.708. The lowest BCUT2D eigenvalue weighted by atomic mass is 10.1. The maximum Gasteiger partial charge on any atom is 0.253 e. The number of alkyl halides is 1. The van der Waals surface area contributed by atoms with E-state index in [0.29, 0.717) is 31.5 Å². The number of nitrogens with zero attached hydrogens (tertiary/aromatic N) is 2. The molecule has 0 N–H and O–H groups in total. The Bertz CT molecular complexity index is 925. The fraction of sp³-hybridized carbons (Fsp3) is 0.286. The summed E-state index contributed by atoms with van der Waals surface area (Å²) < 4.78 is 20.6. The smallest absolute Gasteiger partial charge is 0.253 e. The normalized spacial score (nSPS) is 15.4. The molecule has 1 aliphatic rings. The molecule has 0 spiro atoms. The lowest BCUT2D eigenvalue weighted by Gasteiger charge is -2.28. The van der Waals surface area contributed by atoms with Gasteiger partial charge in [0.2, 0.25) is 0 Å². The number of likely N-dealkylation sites (tertiary alicyclic amines) is 1. The van der Waals surface area contributed by atoms with Gasteiger partial charge in [0, 0.05) is 35.9 Å². The molecular weight excluding hydrogens is 331 g/mol. The first kappa shape index (κ1) is 16.6. The van der Waals surface area contributed by atoms with Crippen molar-refractivity contribution in [1.82, 2.24) is 9.47 Å². The van der Waals surface area contributed by atoms with Gasteiger partial charge in [-0.05, 0) is 61.4 Å². The van der Waals surface area contributed by atoms with E-state index in [1.54, 1.807) is 12.0 Å². The molecule has 2 heterocycles. The third-order valence-electron chi connectivity index (χ3n) is 5.00. The van der Waals surface area contributed by atoms with E-state index in [1.807, 2.05) is 54.7 Å². The number of fused-ring (bicyclic) bond motifs is 1. The molecule has 1 amide bonds. The number of hydrogen-bond donors (Lipinski definition) is 0. The molecule has 0 radical (unpaired) electrons. The lowest BCUT2D eigenvalue weighted by Crippen LogP contribution is -2.39. The van der Waals surface area contributed by atoms with Crippen LogP contribution in [-0.2, 0) is 0 Å². The van der Waals surface area contributed by atoms with E-state index in [0.717, 1.165) is 22.3 Å².